The molecule has 0 atom stereocenters. The number of nitrogen functional groups attached to an aromatic ring is 1. The van der Waals surface area contributed by atoms with Crippen LogP contribution in [0.2, 0.25) is 0 Å². The highest BCUT2D eigenvalue weighted by molar-refractivity contribution is 7.15. The molecule has 1 aromatic heterocycles. The maximum absolute atomic E-state index is 5.65. The van der Waals surface area contributed by atoms with E-state index in [-0.39, 0.29) is 12.4 Å². The second-order valence-corrected chi connectivity index (χ2v) is 5.73. The van der Waals surface area contributed by atoms with E-state index in [1.165, 1.54) is 21.6 Å². The molecule has 1 aliphatic rings. The van der Waals surface area contributed by atoms with Gasteiger partial charge in [0.05, 0.1) is 0 Å². The molecule has 3 rings (SSSR count). The molecule has 96 valence electrons. The second-order valence-electron chi connectivity index (χ2n) is 4.58. The molecule has 5 heteroatoms. The van der Waals surface area contributed by atoms with Crippen LogP contribution in [-0.4, -0.2) is 9.88 Å². The van der Waals surface area contributed by atoms with Crippen molar-refractivity contribution in [3.8, 4) is 0 Å². The van der Waals surface area contributed by atoms with Crippen LogP contribution in [0.5, 0.6) is 0 Å². The summed E-state index contributed by atoms with van der Waals surface area (Å²) in [5, 5.41) is 0.660. The van der Waals surface area contributed by atoms with Crippen molar-refractivity contribution < 1.29 is 0 Å². The Balaban J connectivity index is 0.00000120. The lowest BCUT2D eigenvalue weighted by Gasteiger charge is -2.12. The van der Waals surface area contributed by atoms with Crippen LogP contribution in [0.15, 0.2) is 24.4 Å². The fourth-order valence-electron chi connectivity index (χ4n) is 2.32. The molecule has 2 aromatic rings. The van der Waals surface area contributed by atoms with Gasteiger partial charge in [0.25, 0.3) is 0 Å². The lowest BCUT2D eigenvalue weighted by atomic mass is 10.1. The van der Waals surface area contributed by atoms with Crippen molar-refractivity contribution >= 4 is 28.9 Å². The number of nitrogens with zero attached hydrogens (tertiary/aromatic N) is 2. The van der Waals surface area contributed by atoms with E-state index in [0.29, 0.717) is 5.13 Å². The molecule has 0 amide bonds. The maximum Gasteiger partial charge on any atom is 0.180 e. The Hall–Kier alpha value is -1.10. The van der Waals surface area contributed by atoms with Gasteiger partial charge < -0.3 is 5.73 Å². The van der Waals surface area contributed by atoms with E-state index in [0.717, 1.165) is 19.6 Å². The van der Waals surface area contributed by atoms with E-state index in [4.69, 9.17) is 5.73 Å². The zero-order chi connectivity index (χ0) is 11.8. The first-order valence-electron chi connectivity index (χ1n) is 5.71. The van der Waals surface area contributed by atoms with Gasteiger partial charge in [-0.15, -0.1) is 23.7 Å². The predicted octanol–water partition coefficient (Wildman–Crippen LogP) is 2.97. The predicted molar refractivity (Wildman–Crippen MR) is 77.9 cm³/mol. The Labute approximate surface area is 117 Å². The van der Waals surface area contributed by atoms with Gasteiger partial charge in [-0.3, -0.25) is 4.90 Å². The molecule has 0 radical (unpaired) electrons. The number of nitrogens with two attached hydrogens (primary N) is 1. The molecular weight excluding hydrogens is 266 g/mol. The Morgan fingerprint density at radius 1 is 1.33 bits per heavy atom. The topological polar surface area (TPSA) is 42.2 Å². The average Bonchev–Trinajstić information content (AvgIpc) is 2.84. The van der Waals surface area contributed by atoms with Gasteiger partial charge in [-0.05, 0) is 18.1 Å². The normalized spacial score (nSPS) is 14.3. The van der Waals surface area contributed by atoms with E-state index < -0.39 is 0 Å². The van der Waals surface area contributed by atoms with Gasteiger partial charge in [0, 0.05) is 30.7 Å². The molecule has 0 saturated carbocycles. The SMILES string of the molecule is Cc1ccc2c(c1)CN(Cc1cnc(N)s1)C2.Cl. The van der Waals surface area contributed by atoms with E-state index in [2.05, 4.69) is 35.0 Å². The molecule has 0 fully saturated rings. The van der Waals surface area contributed by atoms with E-state index in [1.54, 1.807) is 11.3 Å². The molecule has 0 bridgehead atoms. The lowest BCUT2D eigenvalue weighted by molar-refractivity contribution is 0.278. The third-order valence-corrected chi connectivity index (χ3v) is 3.91. The molecule has 1 aromatic carbocycles. The maximum atomic E-state index is 5.65. The fourth-order valence-corrected chi connectivity index (χ4v) is 3.05. The largest absolute Gasteiger partial charge is 0.375 e. The van der Waals surface area contributed by atoms with Crippen molar-refractivity contribution in [2.24, 2.45) is 0 Å². The standard InChI is InChI=1S/C13H15N3S.ClH/c1-9-2-3-10-6-16(7-11(10)4-9)8-12-5-15-13(14)17-12;/h2-5H,6-8H2,1H3,(H2,14,15);1H. The van der Waals surface area contributed by atoms with Crippen LogP contribution in [0.3, 0.4) is 0 Å². The summed E-state index contributed by atoms with van der Waals surface area (Å²) in [4.78, 5) is 7.76. The van der Waals surface area contributed by atoms with Crippen LogP contribution < -0.4 is 5.73 Å². The summed E-state index contributed by atoms with van der Waals surface area (Å²) >= 11 is 1.58. The highest BCUT2D eigenvalue weighted by atomic mass is 35.5. The van der Waals surface area contributed by atoms with Gasteiger partial charge in [0.2, 0.25) is 0 Å². The number of thiazole rings is 1. The molecule has 18 heavy (non-hydrogen) atoms. The van der Waals surface area contributed by atoms with Gasteiger partial charge >= 0.3 is 0 Å². The monoisotopic (exact) mass is 281 g/mol. The van der Waals surface area contributed by atoms with Crippen molar-refractivity contribution in [1.29, 1.82) is 0 Å². The van der Waals surface area contributed by atoms with E-state index >= 15 is 0 Å². The van der Waals surface area contributed by atoms with Crippen LogP contribution >= 0.6 is 23.7 Å². The van der Waals surface area contributed by atoms with E-state index in [1.807, 2.05) is 6.20 Å². The second kappa shape index (κ2) is 5.26. The number of hydrogen-bond donors (Lipinski definition) is 1. The number of fused-ring (bicyclic) bond motifs is 1. The van der Waals surface area contributed by atoms with Crippen LogP contribution in [0.1, 0.15) is 21.6 Å². The number of aromatic nitrogens is 1. The van der Waals surface area contributed by atoms with Gasteiger partial charge in [0.15, 0.2) is 5.13 Å². The van der Waals surface area contributed by atoms with Gasteiger partial charge in [-0.2, -0.15) is 0 Å². The minimum absolute atomic E-state index is 0. The molecule has 0 aliphatic carbocycles. The zero-order valence-electron chi connectivity index (χ0n) is 10.2. The fraction of sp³-hybridized carbons (Fsp3) is 0.308. The smallest absolute Gasteiger partial charge is 0.180 e. The molecule has 0 saturated heterocycles. The molecule has 2 heterocycles. The Morgan fingerprint density at radius 3 is 2.83 bits per heavy atom. The summed E-state index contributed by atoms with van der Waals surface area (Å²) in [7, 11) is 0. The van der Waals surface area contributed by atoms with Crippen LogP contribution in [0, 0.1) is 6.92 Å². The number of rotatable bonds is 2. The minimum atomic E-state index is 0. The molecule has 2 N–H and O–H groups in total. The number of halogens is 1. The highest BCUT2D eigenvalue weighted by Crippen LogP contribution is 2.26. The zero-order valence-corrected chi connectivity index (χ0v) is 11.9. The molecular formula is C13H16ClN3S. The molecule has 3 nitrogen and oxygen atoms in total. The van der Waals surface area contributed by atoms with Crippen LogP contribution in [0.4, 0.5) is 5.13 Å². The van der Waals surface area contributed by atoms with Crippen molar-refractivity contribution in [1.82, 2.24) is 9.88 Å². The summed E-state index contributed by atoms with van der Waals surface area (Å²) in [6.45, 7) is 5.16. The summed E-state index contributed by atoms with van der Waals surface area (Å²) in [6, 6.07) is 6.72. The summed E-state index contributed by atoms with van der Waals surface area (Å²) in [6.07, 6.45) is 1.88. The molecule has 0 unspecified atom stereocenters. The summed E-state index contributed by atoms with van der Waals surface area (Å²) in [5.74, 6) is 0. The Bertz CT molecular complexity index is 551. The quantitative estimate of drug-likeness (QED) is 0.920. The van der Waals surface area contributed by atoms with Crippen molar-refractivity contribution in [2.45, 2.75) is 26.6 Å². The van der Waals surface area contributed by atoms with Crippen molar-refractivity contribution in [2.75, 3.05) is 5.73 Å². The Morgan fingerprint density at radius 2 is 2.11 bits per heavy atom. The van der Waals surface area contributed by atoms with Crippen LogP contribution in [0.25, 0.3) is 0 Å². The molecule has 0 spiro atoms. The number of hydrogen-bond acceptors (Lipinski definition) is 4. The summed E-state index contributed by atoms with van der Waals surface area (Å²) < 4.78 is 0. The van der Waals surface area contributed by atoms with Crippen LogP contribution in [-0.2, 0) is 19.6 Å². The van der Waals surface area contributed by atoms with Gasteiger partial charge in [-0.25, -0.2) is 4.98 Å². The third kappa shape index (κ3) is 2.66. The average molecular weight is 282 g/mol. The number of benzene rings is 1. The Kier molecular flexibility index (Phi) is 3.90. The third-order valence-electron chi connectivity index (χ3n) is 3.10. The number of aryl methyl sites for hydroxylation is 1. The molecule has 1 aliphatic heterocycles. The van der Waals surface area contributed by atoms with Crippen molar-refractivity contribution in [3.05, 3.63) is 46.0 Å². The van der Waals surface area contributed by atoms with Crippen molar-refractivity contribution in [3.63, 3.8) is 0 Å². The highest BCUT2D eigenvalue weighted by Gasteiger charge is 2.19. The van der Waals surface area contributed by atoms with Gasteiger partial charge in [0.1, 0.15) is 0 Å². The first-order chi connectivity index (χ1) is 8.20. The van der Waals surface area contributed by atoms with Gasteiger partial charge in [-0.1, -0.05) is 23.8 Å². The number of anilines is 1. The minimum Gasteiger partial charge on any atom is -0.375 e. The first-order valence-corrected chi connectivity index (χ1v) is 6.53. The lowest BCUT2D eigenvalue weighted by Crippen LogP contribution is -2.14. The van der Waals surface area contributed by atoms with E-state index in [9.17, 15) is 0 Å². The first kappa shape index (κ1) is 13.3. The summed E-state index contributed by atoms with van der Waals surface area (Å²) in [5.41, 5.74) is 9.90.